The molecule has 0 aliphatic rings. The number of nitrogens with one attached hydrogen (secondary N) is 1. The molecule has 0 spiro atoms. The predicted octanol–water partition coefficient (Wildman–Crippen LogP) is 5.75. The zero-order valence-corrected chi connectivity index (χ0v) is 19.7. The van der Waals surface area contributed by atoms with E-state index in [1.807, 2.05) is 13.8 Å². The van der Waals surface area contributed by atoms with E-state index in [0.29, 0.717) is 36.9 Å². The van der Waals surface area contributed by atoms with Gasteiger partial charge in [0, 0.05) is 20.6 Å². The molecule has 0 bridgehead atoms. The number of aryl methyl sites for hydroxylation is 2. The minimum atomic E-state index is -0.263. The molecule has 160 valence electrons. The van der Waals surface area contributed by atoms with Crippen LogP contribution in [0.25, 0.3) is 10.2 Å². The first-order chi connectivity index (χ1) is 14.8. The fraction of sp³-hybridized carbons (Fsp3) is 0.190. The average Bonchev–Trinajstić information content (AvgIpc) is 3.30. The topological polar surface area (TPSA) is 77.1 Å². The highest BCUT2D eigenvalue weighted by atomic mass is 35.5. The summed E-state index contributed by atoms with van der Waals surface area (Å²) in [5, 5.41) is 4.68. The SMILES string of the molecule is Cc1sc2nc(SCC(=O)Nc3cc(Cl)cc(Cl)c3)n(Cc3ccco3)c(=O)c2c1C. The first kappa shape index (κ1) is 22.0. The molecule has 10 heteroatoms. The highest BCUT2D eigenvalue weighted by molar-refractivity contribution is 7.99. The smallest absolute Gasteiger partial charge is 0.263 e. The van der Waals surface area contributed by atoms with Crippen LogP contribution in [0.3, 0.4) is 0 Å². The van der Waals surface area contributed by atoms with Crippen LogP contribution in [0.1, 0.15) is 16.2 Å². The van der Waals surface area contributed by atoms with Gasteiger partial charge in [-0.1, -0.05) is 35.0 Å². The van der Waals surface area contributed by atoms with Gasteiger partial charge in [-0.05, 0) is 49.7 Å². The molecule has 0 saturated carbocycles. The molecule has 0 atom stereocenters. The maximum absolute atomic E-state index is 13.3. The van der Waals surface area contributed by atoms with Crippen molar-refractivity contribution < 1.29 is 9.21 Å². The number of anilines is 1. The molecule has 4 rings (SSSR count). The first-order valence-corrected chi connectivity index (χ1v) is 11.8. The van der Waals surface area contributed by atoms with Gasteiger partial charge in [-0.2, -0.15) is 0 Å². The van der Waals surface area contributed by atoms with Crippen molar-refractivity contribution in [3.05, 3.63) is 73.2 Å². The van der Waals surface area contributed by atoms with Crippen LogP contribution in [0.15, 0.2) is 51.0 Å². The number of hydrogen-bond donors (Lipinski definition) is 1. The number of rotatable bonds is 6. The summed E-state index contributed by atoms with van der Waals surface area (Å²) in [6.07, 6.45) is 1.56. The molecule has 3 heterocycles. The number of thiophene rings is 1. The van der Waals surface area contributed by atoms with Crippen molar-refractivity contribution in [2.45, 2.75) is 25.5 Å². The van der Waals surface area contributed by atoms with E-state index in [9.17, 15) is 9.59 Å². The van der Waals surface area contributed by atoms with Crippen LogP contribution >= 0.6 is 46.3 Å². The maximum atomic E-state index is 13.3. The molecule has 0 radical (unpaired) electrons. The monoisotopic (exact) mass is 493 g/mol. The Bertz CT molecular complexity index is 1310. The summed E-state index contributed by atoms with van der Waals surface area (Å²) in [7, 11) is 0. The van der Waals surface area contributed by atoms with E-state index >= 15 is 0 Å². The number of aromatic nitrogens is 2. The molecule has 0 saturated heterocycles. The lowest BCUT2D eigenvalue weighted by molar-refractivity contribution is -0.113. The van der Waals surface area contributed by atoms with Crippen LogP contribution < -0.4 is 10.9 Å². The number of fused-ring (bicyclic) bond motifs is 1. The van der Waals surface area contributed by atoms with Gasteiger partial charge in [-0.15, -0.1) is 11.3 Å². The maximum Gasteiger partial charge on any atom is 0.263 e. The molecular weight excluding hydrogens is 477 g/mol. The normalized spacial score (nSPS) is 11.2. The lowest BCUT2D eigenvalue weighted by atomic mass is 10.2. The zero-order valence-electron chi connectivity index (χ0n) is 16.6. The summed E-state index contributed by atoms with van der Waals surface area (Å²) in [5.41, 5.74) is 1.29. The largest absolute Gasteiger partial charge is 0.467 e. The van der Waals surface area contributed by atoms with Gasteiger partial charge in [-0.25, -0.2) is 4.98 Å². The van der Waals surface area contributed by atoms with Gasteiger partial charge in [0.2, 0.25) is 5.91 Å². The van der Waals surface area contributed by atoms with Gasteiger partial charge < -0.3 is 9.73 Å². The van der Waals surface area contributed by atoms with Crippen LogP contribution in [0.2, 0.25) is 10.0 Å². The number of carbonyl (C=O) groups excluding carboxylic acids is 1. The van der Waals surface area contributed by atoms with Crippen LogP contribution in [-0.4, -0.2) is 21.2 Å². The van der Waals surface area contributed by atoms with E-state index in [1.54, 1.807) is 41.2 Å². The molecular formula is C21H17Cl2N3O3S2. The molecule has 0 aliphatic heterocycles. The van der Waals surface area contributed by atoms with Crippen molar-refractivity contribution in [3.63, 3.8) is 0 Å². The van der Waals surface area contributed by atoms with Crippen molar-refractivity contribution in [3.8, 4) is 0 Å². The summed E-state index contributed by atoms with van der Waals surface area (Å²) in [6, 6.07) is 8.38. The third-order valence-corrected chi connectivity index (χ3v) is 7.14. The number of hydrogen-bond acceptors (Lipinski definition) is 6. The second-order valence-electron chi connectivity index (χ2n) is 6.82. The molecule has 3 aromatic heterocycles. The van der Waals surface area contributed by atoms with E-state index in [-0.39, 0.29) is 23.8 Å². The van der Waals surface area contributed by atoms with Gasteiger partial charge in [0.15, 0.2) is 5.16 Å². The molecule has 6 nitrogen and oxygen atoms in total. The third-order valence-electron chi connectivity index (χ3n) is 4.63. The minimum absolute atomic E-state index is 0.0591. The number of benzene rings is 1. The lowest BCUT2D eigenvalue weighted by Gasteiger charge is -2.11. The van der Waals surface area contributed by atoms with E-state index in [4.69, 9.17) is 27.6 Å². The Morgan fingerprint density at radius 3 is 2.68 bits per heavy atom. The van der Waals surface area contributed by atoms with Crippen LogP contribution in [0.5, 0.6) is 0 Å². The van der Waals surface area contributed by atoms with Crippen molar-refractivity contribution in [1.82, 2.24) is 9.55 Å². The van der Waals surface area contributed by atoms with Crippen LogP contribution in [0.4, 0.5) is 5.69 Å². The second kappa shape index (κ2) is 9.08. The molecule has 1 aromatic carbocycles. The molecule has 1 amide bonds. The summed E-state index contributed by atoms with van der Waals surface area (Å²) in [6.45, 7) is 4.12. The van der Waals surface area contributed by atoms with E-state index in [0.717, 1.165) is 10.4 Å². The van der Waals surface area contributed by atoms with E-state index in [1.165, 1.54) is 23.1 Å². The number of halogens is 2. The molecule has 0 aliphatic carbocycles. The van der Waals surface area contributed by atoms with Gasteiger partial charge in [0.05, 0.1) is 23.9 Å². The van der Waals surface area contributed by atoms with Crippen LogP contribution in [-0.2, 0) is 11.3 Å². The van der Waals surface area contributed by atoms with E-state index < -0.39 is 0 Å². The Kier molecular flexibility index (Phi) is 6.43. The van der Waals surface area contributed by atoms with E-state index in [2.05, 4.69) is 10.3 Å². The summed E-state index contributed by atoms with van der Waals surface area (Å²) >= 11 is 14.6. The molecule has 0 fully saturated rings. The Hall–Kier alpha value is -2.26. The average molecular weight is 494 g/mol. The Labute approximate surface area is 196 Å². The predicted molar refractivity (Wildman–Crippen MR) is 127 cm³/mol. The van der Waals surface area contributed by atoms with Gasteiger partial charge in [0.25, 0.3) is 5.56 Å². The van der Waals surface area contributed by atoms with Crippen molar-refractivity contribution in [1.29, 1.82) is 0 Å². The standard InChI is InChI=1S/C21H17Cl2N3O3S2/c1-11-12(2)31-19-18(11)20(28)26(9-16-4-3-5-29-16)21(25-19)30-10-17(27)24-15-7-13(22)6-14(23)8-15/h3-8H,9-10H2,1-2H3,(H,24,27). The quantitative estimate of drug-likeness (QED) is 0.273. The zero-order chi connectivity index (χ0) is 22.1. The number of furan rings is 1. The fourth-order valence-corrected chi connectivity index (χ4v) is 5.46. The third kappa shape index (κ3) is 4.82. The highest BCUT2D eigenvalue weighted by Crippen LogP contribution is 2.29. The van der Waals surface area contributed by atoms with Gasteiger partial charge >= 0.3 is 0 Å². The van der Waals surface area contributed by atoms with Crippen LogP contribution in [0, 0.1) is 13.8 Å². The highest BCUT2D eigenvalue weighted by Gasteiger charge is 2.18. The van der Waals surface area contributed by atoms with Gasteiger partial charge in [0.1, 0.15) is 10.6 Å². The Morgan fingerprint density at radius 1 is 1.26 bits per heavy atom. The lowest BCUT2D eigenvalue weighted by Crippen LogP contribution is -2.24. The summed E-state index contributed by atoms with van der Waals surface area (Å²) in [4.78, 5) is 32.2. The fourth-order valence-electron chi connectivity index (χ4n) is 3.07. The second-order valence-corrected chi connectivity index (χ2v) is 9.84. The van der Waals surface area contributed by atoms with Gasteiger partial charge in [-0.3, -0.25) is 14.2 Å². The molecule has 4 aromatic rings. The Morgan fingerprint density at radius 2 is 2.00 bits per heavy atom. The Balaban J connectivity index is 1.62. The number of amides is 1. The summed E-state index contributed by atoms with van der Waals surface area (Å²) < 4.78 is 6.97. The molecule has 1 N–H and O–H groups in total. The number of carbonyl (C=O) groups is 1. The number of nitrogens with zero attached hydrogens (tertiary/aromatic N) is 2. The number of thioether (sulfide) groups is 1. The summed E-state index contributed by atoms with van der Waals surface area (Å²) in [5.74, 6) is 0.428. The van der Waals surface area contributed by atoms with Crippen molar-refractivity contribution >= 4 is 68.1 Å². The molecule has 31 heavy (non-hydrogen) atoms. The van der Waals surface area contributed by atoms with Crippen molar-refractivity contribution in [2.75, 3.05) is 11.1 Å². The first-order valence-electron chi connectivity index (χ1n) is 9.23. The van der Waals surface area contributed by atoms with Crippen molar-refractivity contribution in [2.24, 2.45) is 0 Å². The molecule has 0 unspecified atom stereocenters. The minimum Gasteiger partial charge on any atom is -0.467 e.